The van der Waals surface area contributed by atoms with E-state index in [4.69, 9.17) is 18.5 Å². The van der Waals surface area contributed by atoms with Crippen molar-refractivity contribution in [3.8, 4) is 0 Å². The first-order valence-electron chi connectivity index (χ1n) is 25.1. The highest BCUT2D eigenvalue weighted by molar-refractivity contribution is 7.47. The van der Waals surface area contributed by atoms with Crippen molar-refractivity contribution in [2.24, 2.45) is 0 Å². The average Bonchev–Trinajstić information content (AvgIpc) is 3.20. The highest BCUT2D eigenvalue weighted by Crippen LogP contribution is 2.43. The van der Waals surface area contributed by atoms with E-state index in [1.807, 2.05) is 21.1 Å². The van der Waals surface area contributed by atoms with Crippen LogP contribution in [0.4, 0.5) is 0 Å². The Morgan fingerprint density at radius 2 is 0.883 bits per heavy atom. The largest absolute Gasteiger partial charge is 0.472 e. The number of carbonyl (C=O) groups is 2. The molecule has 354 valence electrons. The van der Waals surface area contributed by atoms with Crippen molar-refractivity contribution in [2.75, 3.05) is 47.5 Å². The first kappa shape index (κ1) is 58.5. The minimum Gasteiger partial charge on any atom is -0.462 e. The molecule has 0 saturated heterocycles. The van der Waals surface area contributed by atoms with Crippen LogP contribution in [0.3, 0.4) is 0 Å². The second kappa shape index (κ2) is 42.8. The molecule has 0 heterocycles. The number of allylic oxidation sites excluding steroid dienone is 4. The lowest BCUT2D eigenvalue weighted by atomic mass is 10.0. The van der Waals surface area contributed by atoms with Gasteiger partial charge in [0.2, 0.25) is 0 Å². The summed E-state index contributed by atoms with van der Waals surface area (Å²) in [4.78, 5) is 35.4. The standard InChI is InChI=1S/C50H96NO8P/c1-6-8-10-12-14-16-18-20-21-22-23-24-25-26-27-28-29-31-33-35-37-39-41-43-50(53)59-48(47-58-60(54,55)57-45-44-51(3,4)5)46-56-49(52)42-40-38-36-34-32-30-19-17-15-13-11-9-7-2/h28-29,35,37,48H,6-27,30-34,36,38-47H2,1-5H3/p+1/b29-28-,37-35-/t48-/m1/s1. The number of hydrogen-bond donors (Lipinski definition) is 1. The van der Waals surface area contributed by atoms with Crippen LogP contribution < -0.4 is 0 Å². The van der Waals surface area contributed by atoms with Crippen LogP contribution >= 0.6 is 7.82 Å². The Balaban J connectivity index is 4.27. The summed E-state index contributed by atoms with van der Waals surface area (Å²) in [6, 6.07) is 0. The van der Waals surface area contributed by atoms with Gasteiger partial charge in [0.1, 0.15) is 19.8 Å². The van der Waals surface area contributed by atoms with E-state index in [1.54, 1.807) is 0 Å². The van der Waals surface area contributed by atoms with Gasteiger partial charge >= 0.3 is 19.8 Å². The maximum atomic E-state index is 12.7. The minimum absolute atomic E-state index is 0.0270. The van der Waals surface area contributed by atoms with Gasteiger partial charge in [-0.15, -0.1) is 0 Å². The maximum Gasteiger partial charge on any atom is 0.472 e. The summed E-state index contributed by atoms with van der Waals surface area (Å²) in [7, 11) is 1.46. The Kier molecular flexibility index (Phi) is 41.7. The summed E-state index contributed by atoms with van der Waals surface area (Å²) in [6.45, 7) is 4.41. The molecule has 0 bridgehead atoms. The number of unbranched alkanes of at least 4 members (excludes halogenated alkanes) is 28. The number of quaternary nitrogens is 1. The zero-order valence-corrected chi connectivity index (χ0v) is 40.9. The molecule has 0 aromatic carbocycles. The van der Waals surface area contributed by atoms with Gasteiger partial charge in [-0.1, -0.05) is 199 Å². The van der Waals surface area contributed by atoms with Crippen LogP contribution in [-0.4, -0.2) is 74.9 Å². The molecular weight excluding hydrogens is 774 g/mol. The van der Waals surface area contributed by atoms with E-state index in [0.29, 0.717) is 17.4 Å². The summed E-state index contributed by atoms with van der Waals surface area (Å²) in [5, 5.41) is 0. The normalized spacial score (nSPS) is 13.6. The molecule has 60 heavy (non-hydrogen) atoms. The number of nitrogens with zero attached hydrogens (tertiary/aromatic N) is 1. The van der Waals surface area contributed by atoms with Gasteiger partial charge in [0.15, 0.2) is 6.10 Å². The van der Waals surface area contributed by atoms with Crippen molar-refractivity contribution in [1.82, 2.24) is 0 Å². The van der Waals surface area contributed by atoms with Gasteiger partial charge in [-0.2, -0.15) is 0 Å². The first-order valence-corrected chi connectivity index (χ1v) is 26.6. The number of phosphoric ester groups is 1. The van der Waals surface area contributed by atoms with Gasteiger partial charge < -0.3 is 18.9 Å². The summed E-state index contributed by atoms with van der Waals surface area (Å²) in [6.07, 6.45) is 48.2. The molecule has 0 radical (unpaired) electrons. The van der Waals surface area contributed by atoms with Crippen molar-refractivity contribution >= 4 is 19.8 Å². The number of rotatable bonds is 46. The molecule has 0 fully saturated rings. The lowest BCUT2D eigenvalue weighted by Crippen LogP contribution is -2.37. The topological polar surface area (TPSA) is 108 Å². The van der Waals surface area contributed by atoms with Crippen molar-refractivity contribution in [3.63, 3.8) is 0 Å². The molecule has 0 rings (SSSR count). The van der Waals surface area contributed by atoms with Crippen LogP contribution in [0.2, 0.25) is 0 Å². The number of esters is 2. The molecule has 0 aliphatic rings. The van der Waals surface area contributed by atoms with Gasteiger partial charge in [-0.05, 0) is 44.9 Å². The van der Waals surface area contributed by atoms with E-state index in [-0.39, 0.29) is 32.0 Å². The molecule has 0 saturated carbocycles. The molecule has 0 aliphatic carbocycles. The summed E-state index contributed by atoms with van der Waals surface area (Å²) in [5.41, 5.74) is 0. The van der Waals surface area contributed by atoms with Crippen molar-refractivity contribution in [3.05, 3.63) is 24.3 Å². The third-order valence-electron chi connectivity index (χ3n) is 11.0. The second-order valence-electron chi connectivity index (χ2n) is 18.2. The van der Waals surface area contributed by atoms with Crippen LogP contribution in [0.25, 0.3) is 0 Å². The van der Waals surface area contributed by atoms with Crippen LogP contribution in [-0.2, 0) is 32.7 Å². The Bertz CT molecular complexity index is 1070. The van der Waals surface area contributed by atoms with E-state index in [9.17, 15) is 19.0 Å². The zero-order chi connectivity index (χ0) is 44.3. The SMILES string of the molecule is CCCCCCCCCCCCCCCC/C=C\CC/C=C\CCCC(=O)O[C@H](COC(=O)CCCCCCCCCCCCCCC)COP(=O)(O)OCC[N+](C)(C)C. The van der Waals surface area contributed by atoms with Gasteiger partial charge in [-0.25, -0.2) is 4.57 Å². The molecule has 10 heteroatoms. The Labute approximate surface area is 370 Å². The maximum absolute atomic E-state index is 12.7. The van der Waals surface area contributed by atoms with E-state index in [1.165, 1.54) is 154 Å². The highest BCUT2D eigenvalue weighted by atomic mass is 31.2. The Hall–Kier alpha value is -1.51. The Morgan fingerprint density at radius 3 is 1.33 bits per heavy atom. The zero-order valence-electron chi connectivity index (χ0n) is 40.0. The predicted molar refractivity (Wildman–Crippen MR) is 252 cm³/mol. The molecule has 0 aromatic heterocycles. The van der Waals surface area contributed by atoms with E-state index < -0.39 is 26.5 Å². The van der Waals surface area contributed by atoms with Gasteiger partial charge in [0.25, 0.3) is 0 Å². The number of likely N-dealkylation sites (N-methyl/N-ethyl adjacent to an activating group) is 1. The number of ether oxygens (including phenoxy) is 2. The lowest BCUT2D eigenvalue weighted by molar-refractivity contribution is -0.870. The minimum atomic E-state index is -4.38. The molecule has 0 aromatic rings. The van der Waals surface area contributed by atoms with E-state index in [0.717, 1.165) is 44.9 Å². The molecule has 1 N–H and O–H groups in total. The molecule has 0 spiro atoms. The fourth-order valence-electron chi connectivity index (χ4n) is 7.04. The van der Waals surface area contributed by atoms with E-state index >= 15 is 0 Å². The average molecular weight is 871 g/mol. The monoisotopic (exact) mass is 871 g/mol. The first-order chi connectivity index (χ1) is 29.0. The molecule has 0 aliphatic heterocycles. The van der Waals surface area contributed by atoms with Crippen molar-refractivity contribution in [1.29, 1.82) is 0 Å². The lowest BCUT2D eigenvalue weighted by Gasteiger charge is -2.24. The molecule has 0 amide bonds. The summed E-state index contributed by atoms with van der Waals surface area (Å²) < 4.78 is 34.3. The molecular formula is C50H97NO8P+. The highest BCUT2D eigenvalue weighted by Gasteiger charge is 2.27. The number of phosphoric acid groups is 1. The molecule has 9 nitrogen and oxygen atoms in total. The van der Waals surface area contributed by atoms with Crippen LogP contribution in [0.5, 0.6) is 0 Å². The smallest absolute Gasteiger partial charge is 0.462 e. The number of hydrogen-bond acceptors (Lipinski definition) is 7. The molecule has 2 atom stereocenters. The van der Waals surface area contributed by atoms with Gasteiger partial charge in [0, 0.05) is 12.8 Å². The van der Waals surface area contributed by atoms with Crippen LogP contribution in [0.1, 0.15) is 232 Å². The third-order valence-corrected chi connectivity index (χ3v) is 11.9. The van der Waals surface area contributed by atoms with Crippen LogP contribution in [0, 0.1) is 0 Å². The quantitative estimate of drug-likeness (QED) is 0.0212. The van der Waals surface area contributed by atoms with Crippen LogP contribution in [0.15, 0.2) is 24.3 Å². The second-order valence-corrected chi connectivity index (χ2v) is 19.6. The van der Waals surface area contributed by atoms with Crippen molar-refractivity contribution in [2.45, 2.75) is 238 Å². The fraction of sp³-hybridized carbons (Fsp3) is 0.880. The number of carbonyl (C=O) groups excluding carboxylic acids is 2. The predicted octanol–water partition coefficient (Wildman–Crippen LogP) is 14.7. The van der Waals surface area contributed by atoms with Crippen molar-refractivity contribution < 1.29 is 42.1 Å². The molecule has 1 unspecified atom stereocenters. The van der Waals surface area contributed by atoms with Gasteiger partial charge in [-0.3, -0.25) is 18.6 Å². The fourth-order valence-corrected chi connectivity index (χ4v) is 7.78. The summed E-state index contributed by atoms with van der Waals surface area (Å²) in [5.74, 6) is -0.838. The van der Waals surface area contributed by atoms with Gasteiger partial charge in [0.05, 0.1) is 27.7 Å². The Morgan fingerprint density at radius 1 is 0.500 bits per heavy atom. The summed E-state index contributed by atoms with van der Waals surface area (Å²) >= 11 is 0. The van der Waals surface area contributed by atoms with E-state index in [2.05, 4.69) is 38.2 Å². The third kappa shape index (κ3) is 46.0.